The number of anilines is 3. The van der Waals surface area contributed by atoms with Gasteiger partial charge >= 0.3 is 6.09 Å². The van der Waals surface area contributed by atoms with Gasteiger partial charge in [0, 0.05) is 55.8 Å². The number of nitrogens with one attached hydrogen (secondary N) is 2. The van der Waals surface area contributed by atoms with Gasteiger partial charge in [-0.05, 0) is 39.0 Å². The summed E-state index contributed by atoms with van der Waals surface area (Å²) in [5.41, 5.74) is 0.952. The number of hydrogen-bond donors (Lipinski definition) is 2. The van der Waals surface area contributed by atoms with Crippen LogP contribution < -0.4 is 10.2 Å². The SMILES string of the molecule is Cc1cc(Nc2cc(Cl)nc(N(C)C3C[C@H]4CCC[C@@H](C3)N4C(=O)OC3CCOCC3)n2)n[nH]1. The van der Waals surface area contributed by atoms with Crippen LogP contribution in [0.2, 0.25) is 5.15 Å². The largest absolute Gasteiger partial charge is 0.446 e. The van der Waals surface area contributed by atoms with Crippen molar-refractivity contribution in [3.05, 3.63) is 23.0 Å². The lowest BCUT2D eigenvalue weighted by atomic mass is 9.81. The number of carbonyl (C=O) groups excluding carboxylic acids is 1. The quantitative estimate of drug-likeness (QED) is 0.605. The maximum atomic E-state index is 13.1. The maximum Gasteiger partial charge on any atom is 0.410 e. The zero-order chi connectivity index (χ0) is 23.7. The third kappa shape index (κ3) is 5.07. The Morgan fingerprint density at radius 3 is 2.59 bits per heavy atom. The molecule has 1 unspecified atom stereocenters. The van der Waals surface area contributed by atoms with Crippen LogP contribution >= 0.6 is 11.6 Å². The molecular formula is C23H32ClN7O3. The Balaban J connectivity index is 1.27. The predicted octanol–water partition coefficient (Wildman–Crippen LogP) is 4.04. The summed E-state index contributed by atoms with van der Waals surface area (Å²) in [4.78, 5) is 26.4. The molecule has 0 aromatic carbocycles. The van der Waals surface area contributed by atoms with Gasteiger partial charge in [0.05, 0.1) is 13.2 Å². The molecule has 3 atom stereocenters. The van der Waals surface area contributed by atoms with E-state index in [0.717, 1.165) is 50.6 Å². The lowest BCUT2D eigenvalue weighted by Gasteiger charge is -2.50. The highest BCUT2D eigenvalue weighted by molar-refractivity contribution is 6.29. The van der Waals surface area contributed by atoms with Crippen LogP contribution in [0.5, 0.6) is 0 Å². The lowest BCUT2D eigenvalue weighted by molar-refractivity contribution is -0.0343. The first-order valence-electron chi connectivity index (χ1n) is 12.1. The summed E-state index contributed by atoms with van der Waals surface area (Å²) in [6, 6.07) is 4.12. The average Bonchev–Trinajstić information content (AvgIpc) is 3.22. The molecule has 1 amide bonds. The van der Waals surface area contributed by atoms with Crippen LogP contribution in [0.25, 0.3) is 0 Å². The molecule has 3 aliphatic heterocycles. The average molecular weight is 490 g/mol. The smallest absolute Gasteiger partial charge is 0.410 e. The van der Waals surface area contributed by atoms with Gasteiger partial charge in [0.25, 0.3) is 0 Å². The molecule has 2 aromatic heterocycles. The summed E-state index contributed by atoms with van der Waals surface area (Å²) < 4.78 is 11.3. The van der Waals surface area contributed by atoms with Gasteiger partial charge in [-0.15, -0.1) is 0 Å². The second-order valence-corrected chi connectivity index (χ2v) is 9.90. The third-order valence-corrected chi connectivity index (χ3v) is 7.30. The number of carbonyl (C=O) groups is 1. The summed E-state index contributed by atoms with van der Waals surface area (Å²) in [6.45, 7) is 3.26. The van der Waals surface area contributed by atoms with Gasteiger partial charge in [-0.3, -0.25) is 5.10 Å². The van der Waals surface area contributed by atoms with E-state index < -0.39 is 0 Å². The number of rotatable bonds is 5. The van der Waals surface area contributed by atoms with E-state index in [1.54, 1.807) is 6.07 Å². The number of ether oxygens (including phenoxy) is 2. The molecule has 5 rings (SSSR count). The van der Waals surface area contributed by atoms with Gasteiger partial charge in [-0.1, -0.05) is 11.6 Å². The molecule has 3 aliphatic rings. The number of H-pyrrole nitrogens is 1. The highest BCUT2D eigenvalue weighted by Gasteiger charge is 2.43. The molecule has 10 nitrogen and oxygen atoms in total. The van der Waals surface area contributed by atoms with E-state index in [9.17, 15) is 4.79 Å². The molecule has 2 aromatic rings. The first-order valence-corrected chi connectivity index (χ1v) is 12.5. The molecule has 0 radical (unpaired) electrons. The summed E-state index contributed by atoms with van der Waals surface area (Å²) in [5, 5.41) is 10.7. The lowest BCUT2D eigenvalue weighted by Crippen LogP contribution is -2.59. The topological polar surface area (TPSA) is 108 Å². The van der Waals surface area contributed by atoms with Gasteiger partial charge in [0.2, 0.25) is 5.95 Å². The zero-order valence-corrected chi connectivity index (χ0v) is 20.4. The van der Waals surface area contributed by atoms with E-state index in [-0.39, 0.29) is 30.3 Å². The number of halogens is 1. The monoisotopic (exact) mass is 489 g/mol. The van der Waals surface area contributed by atoms with Gasteiger partial charge in [0.15, 0.2) is 5.82 Å². The summed E-state index contributed by atoms with van der Waals surface area (Å²) >= 11 is 6.33. The van der Waals surface area contributed by atoms with Gasteiger partial charge < -0.3 is 24.6 Å². The molecule has 184 valence electrons. The van der Waals surface area contributed by atoms with Crippen molar-refractivity contribution >= 4 is 35.3 Å². The van der Waals surface area contributed by atoms with Crippen LogP contribution in [-0.4, -0.2) is 75.6 Å². The van der Waals surface area contributed by atoms with Crippen molar-refractivity contribution in [2.24, 2.45) is 0 Å². The van der Waals surface area contributed by atoms with Gasteiger partial charge in [-0.25, -0.2) is 9.78 Å². The van der Waals surface area contributed by atoms with Crippen LogP contribution in [-0.2, 0) is 9.47 Å². The first kappa shape index (κ1) is 23.2. The minimum Gasteiger partial charge on any atom is -0.446 e. The number of aromatic amines is 1. The Kier molecular flexibility index (Phi) is 6.78. The molecule has 5 heterocycles. The fourth-order valence-corrected chi connectivity index (χ4v) is 5.55. The molecular weight excluding hydrogens is 458 g/mol. The minimum absolute atomic E-state index is 0.0357. The first-order chi connectivity index (χ1) is 16.5. The molecule has 2 N–H and O–H groups in total. The molecule has 0 spiro atoms. The van der Waals surface area contributed by atoms with Gasteiger partial charge in [-0.2, -0.15) is 10.1 Å². The van der Waals surface area contributed by atoms with Crippen LogP contribution in [0, 0.1) is 6.92 Å². The molecule has 0 aliphatic carbocycles. The van der Waals surface area contributed by atoms with Crippen molar-refractivity contribution in [1.82, 2.24) is 25.1 Å². The fraction of sp³-hybridized carbons (Fsp3) is 0.652. The van der Waals surface area contributed by atoms with E-state index in [1.807, 2.05) is 24.9 Å². The van der Waals surface area contributed by atoms with Crippen molar-refractivity contribution in [3.8, 4) is 0 Å². The Morgan fingerprint density at radius 2 is 1.91 bits per heavy atom. The number of fused-ring (bicyclic) bond motifs is 2. The van der Waals surface area contributed by atoms with Crippen molar-refractivity contribution in [1.29, 1.82) is 0 Å². The van der Waals surface area contributed by atoms with Crippen molar-refractivity contribution in [2.75, 3.05) is 30.5 Å². The Labute approximate surface area is 204 Å². The van der Waals surface area contributed by atoms with Crippen molar-refractivity contribution in [3.63, 3.8) is 0 Å². The number of aryl methyl sites for hydroxylation is 1. The number of piperidine rings is 2. The zero-order valence-electron chi connectivity index (χ0n) is 19.7. The normalized spacial score (nSPS) is 25.1. The highest BCUT2D eigenvalue weighted by atomic mass is 35.5. The highest BCUT2D eigenvalue weighted by Crippen LogP contribution is 2.37. The van der Waals surface area contributed by atoms with E-state index >= 15 is 0 Å². The molecule has 2 bridgehead atoms. The van der Waals surface area contributed by atoms with Gasteiger partial charge in [0.1, 0.15) is 17.1 Å². The second kappa shape index (κ2) is 9.95. The summed E-state index contributed by atoms with van der Waals surface area (Å²) in [6.07, 6.45) is 6.18. The fourth-order valence-electron chi connectivity index (χ4n) is 5.37. The molecule has 3 saturated heterocycles. The summed E-state index contributed by atoms with van der Waals surface area (Å²) in [5.74, 6) is 1.82. The Morgan fingerprint density at radius 1 is 1.18 bits per heavy atom. The molecule has 3 fully saturated rings. The van der Waals surface area contributed by atoms with Crippen molar-refractivity contribution in [2.45, 2.75) is 76.1 Å². The molecule has 0 saturated carbocycles. The van der Waals surface area contributed by atoms with E-state index in [2.05, 4.69) is 30.4 Å². The maximum absolute atomic E-state index is 13.1. The molecule has 34 heavy (non-hydrogen) atoms. The van der Waals surface area contributed by atoms with Crippen molar-refractivity contribution < 1.29 is 14.3 Å². The van der Waals surface area contributed by atoms with Crippen LogP contribution in [0.1, 0.15) is 50.6 Å². The summed E-state index contributed by atoms with van der Waals surface area (Å²) in [7, 11) is 2.00. The third-order valence-electron chi connectivity index (χ3n) is 7.10. The van der Waals surface area contributed by atoms with Crippen LogP contribution in [0.15, 0.2) is 12.1 Å². The number of aromatic nitrogens is 4. The number of nitrogens with zero attached hydrogens (tertiary/aromatic N) is 5. The standard InChI is InChI=1S/C23H32ClN7O3/c1-14-10-21(29-28-14)26-20-13-19(24)25-22(27-20)30(2)17-11-15-4-3-5-16(12-17)31(15)23(32)34-18-6-8-33-9-7-18/h10,13,15-18H,3-9,11-12H2,1-2H3,(H2,25,26,27,28,29)/t15-,16+,17?. The number of amides is 1. The van der Waals surface area contributed by atoms with Crippen LogP contribution in [0.3, 0.4) is 0 Å². The Hall–Kier alpha value is -2.59. The second-order valence-electron chi connectivity index (χ2n) is 9.51. The molecule has 11 heteroatoms. The minimum atomic E-state index is -0.164. The van der Waals surface area contributed by atoms with E-state index in [0.29, 0.717) is 36.0 Å². The Bertz CT molecular complexity index is 998. The van der Waals surface area contributed by atoms with Crippen LogP contribution in [0.4, 0.5) is 22.4 Å². The van der Waals surface area contributed by atoms with E-state index in [1.165, 1.54) is 0 Å². The number of hydrogen-bond acceptors (Lipinski definition) is 8. The van der Waals surface area contributed by atoms with E-state index in [4.69, 9.17) is 21.1 Å². The predicted molar refractivity (Wildman–Crippen MR) is 129 cm³/mol.